The highest BCUT2D eigenvalue weighted by Crippen LogP contribution is 2.32. The number of ether oxygens (including phenoxy) is 1. The Kier molecular flexibility index (Phi) is 3.64. The summed E-state index contributed by atoms with van der Waals surface area (Å²) in [4.78, 5) is 13.1. The van der Waals surface area contributed by atoms with Crippen LogP contribution in [0.4, 0.5) is 0 Å². The van der Waals surface area contributed by atoms with Crippen molar-refractivity contribution >= 4 is 5.91 Å². The van der Waals surface area contributed by atoms with Crippen molar-refractivity contribution in [1.82, 2.24) is 4.90 Å². The summed E-state index contributed by atoms with van der Waals surface area (Å²) < 4.78 is 5.14. The Hall–Kier alpha value is -1.55. The molecule has 1 amide bonds. The lowest BCUT2D eigenvalue weighted by molar-refractivity contribution is -0.119. The van der Waals surface area contributed by atoms with Crippen LogP contribution in [-0.2, 0) is 4.79 Å². The van der Waals surface area contributed by atoms with E-state index in [4.69, 9.17) is 10.5 Å². The number of carbonyl (C=O) groups is 1. The van der Waals surface area contributed by atoms with E-state index >= 15 is 0 Å². The summed E-state index contributed by atoms with van der Waals surface area (Å²) in [6.07, 6.45) is 2.20. The molecule has 0 unspecified atom stereocenters. The number of rotatable bonds is 4. The van der Waals surface area contributed by atoms with Gasteiger partial charge in [-0.05, 0) is 37.1 Å². The summed E-state index contributed by atoms with van der Waals surface area (Å²) in [6, 6.07) is 8.34. The Morgan fingerprint density at radius 2 is 2.18 bits per heavy atom. The first-order chi connectivity index (χ1) is 8.20. The third-order valence-electron chi connectivity index (χ3n) is 3.22. The second-order valence-corrected chi connectivity index (χ2v) is 4.37. The Morgan fingerprint density at radius 3 is 2.76 bits per heavy atom. The number of hydrogen-bond donors (Lipinski definition) is 1. The van der Waals surface area contributed by atoms with Crippen molar-refractivity contribution in [2.75, 3.05) is 20.2 Å². The summed E-state index contributed by atoms with van der Waals surface area (Å²) in [5.41, 5.74) is 6.48. The Bertz CT molecular complexity index is 389. The van der Waals surface area contributed by atoms with Gasteiger partial charge in [0, 0.05) is 6.04 Å². The molecule has 0 aliphatic carbocycles. The van der Waals surface area contributed by atoms with Crippen LogP contribution >= 0.6 is 0 Å². The molecular weight excluding hydrogens is 216 g/mol. The van der Waals surface area contributed by atoms with Crippen LogP contribution < -0.4 is 10.5 Å². The van der Waals surface area contributed by atoms with Crippen LogP contribution in [0.2, 0.25) is 0 Å². The van der Waals surface area contributed by atoms with E-state index < -0.39 is 0 Å². The fourth-order valence-electron chi connectivity index (χ4n) is 2.42. The fourth-order valence-corrected chi connectivity index (χ4v) is 2.42. The van der Waals surface area contributed by atoms with Gasteiger partial charge in [0.1, 0.15) is 5.75 Å². The summed E-state index contributed by atoms with van der Waals surface area (Å²) in [7, 11) is 1.66. The van der Waals surface area contributed by atoms with Gasteiger partial charge < -0.3 is 10.5 Å². The largest absolute Gasteiger partial charge is 0.497 e. The maximum atomic E-state index is 11.0. The standard InChI is InChI=1S/C13H18N2O2/c1-17-11-6-4-10(5-7-11)12-3-2-8-15(12)9-13(14)16/h4-7,12H,2-3,8-9H2,1H3,(H2,14,16)/t12-/m1/s1. The number of amides is 1. The molecule has 1 aromatic rings. The molecule has 1 atom stereocenters. The molecule has 1 aromatic carbocycles. The molecule has 4 nitrogen and oxygen atoms in total. The van der Waals surface area contributed by atoms with E-state index in [9.17, 15) is 4.79 Å². The number of primary amides is 1. The summed E-state index contributed by atoms with van der Waals surface area (Å²) in [6.45, 7) is 1.29. The van der Waals surface area contributed by atoms with Crippen LogP contribution in [0.3, 0.4) is 0 Å². The molecule has 1 aliphatic rings. The van der Waals surface area contributed by atoms with Gasteiger partial charge in [-0.25, -0.2) is 0 Å². The Morgan fingerprint density at radius 1 is 1.47 bits per heavy atom. The highest BCUT2D eigenvalue weighted by atomic mass is 16.5. The topological polar surface area (TPSA) is 55.6 Å². The second-order valence-electron chi connectivity index (χ2n) is 4.37. The molecule has 0 saturated carbocycles. The number of carbonyl (C=O) groups excluding carboxylic acids is 1. The molecular formula is C13H18N2O2. The van der Waals surface area contributed by atoms with Gasteiger partial charge in [0.25, 0.3) is 0 Å². The number of likely N-dealkylation sites (tertiary alicyclic amines) is 1. The normalized spacial score (nSPS) is 20.4. The van der Waals surface area contributed by atoms with Gasteiger partial charge in [0.2, 0.25) is 5.91 Å². The minimum atomic E-state index is -0.259. The van der Waals surface area contributed by atoms with E-state index in [0.29, 0.717) is 12.6 Å². The lowest BCUT2D eigenvalue weighted by atomic mass is 10.0. The maximum Gasteiger partial charge on any atom is 0.231 e. The predicted molar refractivity (Wildman–Crippen MR) is 65.7 cm³/mol. The van der Waals surface area contributed by atoms with E-state index in [1.807, 2.05) is 12.1 Å². The first-order valence-corrected chi connectivity index (χ1v) is 5.87. The van der Waals surface area contributed by atoms with Crippen molar-refractivity contribution < 1.29 is 9.53 Å². The lowest BCUT2D eigenvalue weighted by Crippen LogP contribution is -2.33. The molecule has 1 heterocycles. The van der Waals surface area contributed by atoms with Crippen LogP contribution in [0.15, 0.2) is 24.3 Å². The predicted octanol–water partition coefficient (Wildman–Crippen LogP) is 1.32. The monoisotopic (exact) mass is 234 g/mol. The van der Waals surface area contributed by atoms with Crippen LogP contribution in [0.5, 0.6) is 5.75 Å². The van der Waals surface area contributed by atoms with Crippen LogP contribution in [0.25, 0.3) is 0 Å². The van der Waals surface area contributed by atoms with Crippen LogP contribution in [-0.4, -0.2) is 31.0 Å². The van der Waals surface area contributed by atoms with Crippen LogP contribution in [0.1, 0.15) is 24.4 Å². The molecule has 17 heavy (non-hydrogen) atoms. The van der Waals surface area contributed by atoms with E-state index in [0.717, 1.165) is 25.1 Å². The molecule has 0 spiro atoms. The van der Waals surface area contributed by atoms with Crippen molar-refractivity contribution in [3.8, 4) is 5.75 Å². The molecule has 0 radical (unpaired) electrons. The minimum Gasteiger partial charge on any atom is -0.497 e. The van der Waals surface area contributed by atoms with Crippen LogP contribution in [0, 0.1) is 0 Å². The number of methoxy groups -OCH3 is 1. The van der Waals surface area contributed by atoms with Gasteiger partial charge >= 0.3 is 0 Å². The first kappa shape index (κ1) is 11.9. The summed E-state index contributed by atoms with van der Waals surface area (Å²) in [5, 5.41) is 0. The van der Waals surface area contributed by atoms with E-state index in [2.05, 4.69) is 17.0 Å². The summed E-state index contributed by atoms with van der Waals surface area (Å²) >= 11 is 0. The maximum absolute atomic E-state index is 11.0. The molecule has 1 aliphatic heterocycles. The molecule has 92 valence electrons. The van der Waals surface area contributed by atoms with Gasteiger partial charge in [0.05, 0.1) is 13.7 Å². The Balaban J connectivity index is 2.11. The van der Waals surface area contributed by atoms with Crippen molar-refractivity contribution in [2.24, 2.45) is 5.73 Å². The zero-order valence-corrected chi connectivity index (χ0v) is 10.1. The quantitative estimate of drug-likeness (QED) is 0.854. The van der Waals surface area contributed by atoms with Gasteiger partial charge in [-0.15, -0.1) is 0 Å². The number of nitrogens with two attached hydrogens (primary N) is 1. The van der Waals surface area contributed by atoms with Crippen molar-refractivity contribution in [3.63, 3.8) is 0 Å². The minimum absolute atomic E-state index is 0.259. The first-order valence-electron chi connectivity index (χ1n) is 5.87. The average molecular weight is 234 g/mol. The van der Waals surface area contributed by atoms with E-state index in [-0.39, 0.29) is 5.91 Å². The number of nitrogens with zero attached hydrogens (tertiary/aromatic N) is 1. The third kappa shape index (κ3) is 2.77. The molecule has 1 fully saturated rings. The molecule has 4 heteroatoms. The number of hydrogen-bond acceptors (Lipinski definition) is 3. The van der Waals surface area contributed by atoms with Gasteiger partial charge in [-0.1, -0.05) is 12.1 Å². The average Bonchev–Trinajstić information content (AvgIpc) is 2.76. The van der Waals surface area contributed by atoms with Gasteiger partial charge in [0.15, 0.2) is 0 Å². The van der Waals surface area contributed by atoms with Crippen molar-refractivity contribution in [2.45, 2.75) is 18.9 Å². The molecule has 1 saturated heterocycles. The van der Waals surface area contributed by atoms with Gasteiger partial charge in [-0.2, -0.15) is 0 Å². The van der Waals surface area contributed by atoms with Gasteiger partial charge in [-0.3, -0.25) is 9.69 Å². The summed E-state index contributed by atoms with van der Waals surface area (Å²) in [5.74, 6) is 0.596. The van der Waals surface area contributed by atoms with Crippen molar-refractivity contribution in [3.05, 3.63) is 29.8 Å². The second kappa shape index (κ2) is 5.19. The molecule has 0 aromatic heterocycles. The van der Waals surface area contributed by atoms with Crippen molar-refractivity contribution in [1.29, 1.82) is 0 Å². The van der Waals surface area contributed by atoms with E-state index in [1.165, 1.54) is 5.56 Å². The fraction of sp³-hybridized carbons (Fsp3) is 0.462. The third-order valence-corrected chi connectivity index (χ3v) is 3.22. The molecule has 2 N–H and O–H groups in total. The van der Waals surface area contributed by atoms with E-state index in [1.54, 1.807) is 7.11 Å². The molecule has 2 rings (SSSR count). The smallest absolute Gasteiger partial charge is 0.231 e. The number of benzene rings is 1. The Labute approximate surface area is 101 Å². The SMILES string of the molecule is COc1ccc([C@H]2CCCN2CC(N)=O)cc1. The zero-order valence-electron chi connectivity index (χ0n) is 10.1. The highest BCUT2D eigenvalue weighted by molar-refractivity contribution is 5.76. The molecule has 0 bridgehead atoms. The zero-order chi connectivity index (χ0) is 12.3. The lowest BCUT2D eigenvalue weighted by Gasteiger charge is -2.23. The highest BCUT2D eigenvalue weighted by Gasteiger charge is 2.26.